The smallest absolute Gasteiger partial charge is 0.171 e. The van der Waals surface area contributed by atoms with Crippen molar-refractivity contribution in [1.29, 1.82) is 0 Å². The summed E-state index contributed by atoms with van der Waals surface area (Å²) in [6.45, 7) is 0. The van der Waals surface area contributed by atoms with Crippen LogP contribution in [0.2, 0.25) is 0 Å². The molecule has 0 bridgehead atoms. The summed E-state index contributed by atoms with van der Waals surface area (Å²) >= 11 is 0. The minimum absolute atomic E-state index is 0.819. The fourth-order valence-corrected chi connectivity index (χ4v) is 9.79. The fraction of sp³-hybridized carbons (Fsp3) is 0. The lowest BCUT2D eigenvalue weighted by Crippen LogP contribution is -2.25. The second-order valence-corrected chi connectivity index (χ2v) is 14.5. The third-order valence-electron chi connectivity index (χ3n) is 9.19. The van der Waals surface area contributed by atoms with E-state index >= 15 is 4.57 Å². The predicted molar refractivity (Wildman–Crippen MR) is 195 cm³/mol. The summed E-state index contributed by atoms with van der Waals surface area (Å²) in [5.41, 5.74) is 6.65. The first-order chi connectivity index (χ1) is 22.7. The first-order valence-corrected chi connectivity index (χ1v) is 17.3. The third kappa shape index (κ3) is 3.96. The second kappa shape index (κ2) is 10.5. The quantitative estimate of drug-likeness (QED) is 0.179. The molecular formula is C42H29N2OP. The van der Waals surface area contributed by atoms with Gasteiger partial charge in [0.1, 0.15) is 0 Å². The number of aromatic nitrogens is 2. The van der Waals surface area contributed by atoms with Crippen molar-refractivity contribution in [3.8, 4) is 11.4 Å². The minimum Gasteiger partial charge on any atom is -0.309 e. The number of hydrogen-bond donors (Lipinski definition) is 0. The Morgan fingerprint density at radius 1 is 0.326 bits per heavy atom. The van der Waals surface area contributed by atoms with E-state index in [0.717, 1.165) is 43.7 Å². The molecular weight excluding hydrogens is 579 g/mol. The van der Waals surface area contributed by atoms with Crippen LogP contribution in [0.5, 0.6) is 0 Å². The van der Waals surface area contributed by atoms with E-state index in [1.54, 1.807) is 0 Å². The fourth-order valence-electron chi connectivity index (χ4n) is 7.13. The van der Waals surface area contributed by atoms with Gasteiger partial charge in [-0.15, -0.1) is 0 Å². The molecule has 0 amide bonds. The van der Waals surface area contributed by atoms with Crippen LogP contribution in [-0.4, -0.2) is 9.13 Å². The first kappa shape index (κ1) is 26.7. The van der Waals surface area contributed by atoms with Gasteiger partial charge in [0.2, 0.25) is 0 Å². The minimum atomic E-state index is -3.16. The maximum Gasteiger partial charge on any atom is 0.171 e. The Labute approximate surface area is 267 Å². The molecule has 0 radical (unpaired) electrons. The van der Waals surface area contributed by atoms with E-state index in [1.807, 2.05) is 60.7 Å². The van der Waals surface area contributed by atoms with E-state index in [0.29, 0.717) is 0 Å². The van der Waals surface area contributed by atoms with Crippen LogP contribution in [0.25, 0.3) is 55.0 Å². The van der Waals surface area contributed by atoms with Crippen molar-refractivity contribution in [2.75, 3.05) is 0 Å². The van der Waals surface area contributed by atoms with Crippen LogP contribution in [0.4, 0.5) is 0 Å². The summed E-state index contributed by atoms with van der Waals surface area (Å²) in [6.07, 6.45) is 0. The molecule has 0 atom stereocenters. The molecule has 0 spiro atoms. The summed E-state index contributed by atoms with van der Waals surface area (Å²) in [7, 11) is -3.16. The average Bonchev–Trinajstić information content (AvgIpc) is 3.65. The van der Waals surface area contributed by atoms with Crippen LogP contribution in [0, 0.1) is 0 Å². The molecule has 2 aromatic heterocycles. The van der Waals surface area contributed by atoms with Crippen LogP contribution in [0.15, 0.2) is 176 Å². The molecule has 0 saturated carbocycles. The van der Waals surface area contributed by atoms with Crippen LogP contribution in [0.3, 0.4) is 0 Å². The van der Waals surface area contributed by atoms with E-state index < -0.39 is 7.14 Å². The van der Waals surface area contributed by atoms with Gasteiger partial charge in [-0.25, -0.2) is 0 Å². The zero-order valence-corrected chi connectivity index (χ0v) is 25.9. The lowest BCUT2D eigenvalue weighted by Gasteiger charge is -2.20. The number of hydrogen-bond acceptors (Lipinski definition) is 1. The SMILES string of the molecule is O=P(c1ccccc1)(c1ccccc1)c1ccc2c3ccccc3n(-c3cccc(-n4c5ccccc5c5ccccc54)c3)c2c1. The molecule has 218 valence electrons. The van der Waals surface area contributed by atoms with Gasteiger partial charge in [-0.2, -0.15) is 0 Å². The normalized spacial score (nSPS) is 12.0. The van der Waals surface area contributed by atoms with E-state index in [2.05, 4.69) is 124 Å². The lowest BCUT2D eigenvalue weighted by molar-refractivity contribution is 0.592. The first-order valence-electron chi connectivity index (χ1n) is 15.6. The van der Waals surface area contributed by atoms with E-state index in [1.165, 1.54) is 27.2 Å². The average molecular weight is 609 g/mol. The molecule has 4 heteroatoms. The molecule has 0 aliphatic rings. The molecule has 0 aliphatic carbocycles. The zero-order valence-electron chi connectivity index (χ0n) is 25.0. The van der Waals surface area contributed by atoms with Crippen molar-refractivity contribution >= 4 is 66.7 Å². The molecule has 2 heterocycles. The molecule has 9 aromatic rings. The van der Waals surface area contributed by atoms with Gasteiger partial charge in [-0.05, 0) is 42.5 Å². The highest BCUT2D eigenvalue weighted by atomic mass is 31.2. The molecule has 0 aliphatic heterocycles. The molecule has 46 heavy (non-hydrogen) atoms. The summed E-state index contributed by atoms with van der Waals surface area (Å²) < 4.78 is 20.0. The van der Waals surface area contributed by atoms with Crippen molar-refractivity contribution in [3.05, 3.63) is 176 Å². The molecule has 9 rings (SSSR count). The number of rotatable bonds is 5. The molecule has 0 saturated heterocycles. The maximum atomic E-state index is 15.4. The number of para-hydroxylation sites is 3. The molecule has 0 fully saturated rings. The summed E-state index contributed by atoms with van der Waals surface area (Å²) in [4.78, 5) is 0. The number of fused-ring (bicyclic) bond motifs is 6. The Morgan fingerprint density at radius 3 is 1.24 bits per heavy atom. The Hall–Kier alpha value is -5.63. The largest absolute Gasteiger partial charge is 0.309 e. The van der Waals surface area contributed by atoms with E-state index in [9.17, 15) is 0 Å². The van der Waals surface area contributed by atoms with Crippen LogP contribution >= 0.6 is 7.14 Å². The lowest BCUT2D eigenvalue weighted by atomic mass is 10.2. The maximum absolute atomic E-state index is 15.4. The van der Waals surface area contributed by atoms with E-state index in [-0.39, 0.29) is 0 Å². The van der Waals surface area contributed by atoms with Gasteiger partial charge in [0.05, 0.1) is 22.1 Å². The van der Waals surface area contributed by atoms with Crippen molar-refractivity contribution in [2.24, 2.45) is 0 Å². The van der Waals surface area contributed by atoms with Gasteiger partial charge in [-0.1, -0.05) is 133 Å². The standard InChI is InChI=1S/C42H29N2OP/c45-46(32-16-3-1-4-17-32,33-18-5-2-6-19-33)34-26-27-38-37-22-9-12-25-41(37)44(42(38)29-34)31-15-13-14-30(28-31)43-39-23-10-7-20-35(39)36-21-8-11-24-40(36)43/h1-29H. The Bertz CT molecular complexity index is 2520. The second-order valence-electron chi connectivity index (χ2n) is 11.7. The molecule has 3 nitrogen and oxygen atoms in total. The number of nitrogens with zero attached hydrogens (tertiary/aromatic N) is 2. The summed E-state index contributed by atoms with van der Waals surface area (Å²) in [5, 5.41) is 7.26. The van der Waals surface area contributed by atoms with Crippen molar-refractivity contribution in [3.63, 3.8) is 0 Å². The predicted octanol–water partition coefficient (Wildman–Crippen LogP) is 9.52. The van der Waals surface area contributed by atoms with Crippen molar-refractivity contribution in [1.82, 2.24) is 9.13 Å². The van der Waals surface area contributed by atoms with Gasteiger partial charge >= 0.3 is 0 Å². The van der Waals surface area contributed by atoms with Gasteiger partial charge in [0.15, 0.2) is 7.14 Å². The molecule has 0 unspecified atom stereocenters. The van der Waals surface area contributed by atoms with Crippen molar-refractivity contribution < 1.29 is 4.57 Å². The van der Waals surface area contributed by atoms with Crippen LogP contribution in [-0.2, 0) is 4.57 Å². The van der Waals surface area contributed by atoms with Gasteiger partial charge in [-0.3, -0.25) is 0 Å². The topological polar surface area (TPSA) is 26.9 Å². The highest BCUT2D eigenvalue weighted by Crippen LogP contribution is 2.44. The Kier molecular flexibility index (Phi) is 6.09. The third-order valence-corrected chi connectivity index (χ3v) is 12.2. The monoisotopic (exact) mass is 608 g/mol. The molecule has 0 N–H and O–H groups in total. The Balaban J connectivity index is 1.31. The molecule has 7 aromatic carbocycles. The van der Waals surface area contributed by atoms with Gasteiger partial charge in [0.25, 0.3) is 0 Å². The van der Waals surface area contributed by atoms with Crippen LogP contribution in [0.1, 0.15) is 0 Å². The summed E-state index contributed by atoms with van der Waals surface area (Å²) in [6, 6.07) is 60.7. The summed E-state index contributed by atoms with van der Waals surface area (Å²) in [5.74, 6) is 0. The number of benzene rings is 7. The van der Waals surface area contributed by atoms with Gasteiger partial charge in [0, 0.05) is 48.8 Å². The highest BCUT2D eigenvalue weighted by Gasteiger charge is 2.30. The van der Waals surface area contributed by atoms with Crippen molar-refractivity contribution in [2.45, 2.75) is 0 Å². The van der Waals surface area contributed by atoms with Crippen LogP contribution < -0.4 is 15.9 Å². The highest BCUT2D eigenvalue weighted by molar-refractivity contribution is 7.85. The van der Waals surface area contributed by atoms with E-state index in [4.69, 9.17) is 0 Å². The zero-order chi connectivity index (χ0) is 30.7. The Morgan fingerprint density at radius 2 is 0.739 bits per heavy atom. The van der Waals surface area contributed by atoms with Gasteiger partial charge < -0.3 is 13.7 Å².